The van der Waals surface area contributed by atoms with Gasteiger partial charge in [0, 0.05) is 0 Å². The minimum atomic E-state index is 0. The third kappa shape index (κ3) is 3.53. The van der Waals surface area contributed by atoms with Gasteiger partial charge in [0.1, 0.15) is 0 Å². The largest absolute Gasteiger partial charge is 0.147 e. The van der Waals surface area contributed by atoms with Crippen LogP contribution in [0.15, 0.2) is 24.4 Å². The Balaban J connectivity index is 0.00000176. The third-order valence-corrected chi connectivity index (χ3v) is 5.71. The Labute approximate surface area is 148 Å². The van der Waals surface area contributed by atoms with Crippen molar-refractivity contribution in [3.05, 3.63) is 40.4 Å². The van der Waals surface area contributed by atoms with E-state index in [4.69, 9.17) is 17.0 Å². The zero-order chi connectivity index (χ0) is 14.8. The van der Waals surface area contributed by atoms with Gasteiger partial charge < -0.3 is 0 Å². The molecule has 2 aromatic rings. The van der Waals surface area contributed by atoms with Crippen molar-refractivity contribution in [1.29, 1.82) is 0 Å². The summed E-state index contributed by atoms with van der Waals surface area (Å²) in [6, 6.07) is 5.48. The van der Waals surface area contributed by atoms with Crippen molar-refractivity contribution < 1.29 is 9.84 Å². The number of rotatable bonds is 4. The van der Waals surface area contributed by atoms with Crippen molar-refractivity contribution in [1.82, 2.24) is 9.55 Å². The average Bonchev–Trinajstić information content (AvgIpc) is 2.85. The first-order valence-corrected chi connectivity index (χ1v) is 11.1. The molecule has 0 amide bonds. The fraction of sp³-hybridized carbons (Fsp3) is 0.400. The van der Waals surface area contributed by atoms with Crippen LogP contribution in [0.2, 0.25) is 10.9 Å². The molecular weight excluding hydrogens is 383 g/mol. The summed E-state index contributed by atoms with van der Waals surface area (Å²) in [6.45, 7) is 0.624. The molecule has 0 fully saturated rings. The molecule has 0 bridgehead atoms. The van der Waals surface area contributed by atoms with Gasteiger partial charge in [-0.25, -0.2) is 0 Å². The third-order valence-electron chi connectivity index (χ3n) is 3.82. The molecule has 1 aliphatic heterocycles. The monoisotopic (exact) mass is 402 g/mol. The maximum absolute atomic E-state index is 9.65. The number of halogens is 1. The molecule has 22 heavy (non-hydrogen) atoms. The topological polar surface area (TPSA) is 50.2 Å². The summed E-state index contributed by atoms with van der Waals surface area (Å²) < 4.78 is 8.81. The SMILES string of the molecule is C[AsH]CCc1c[nH]c(=S)n1C1COc2ccc(O)cc2C1.Cl. The van der Waals surface area contributed by atoms with Crippen LogP contribution in [0.3, 0.4) is 0 Å². The number of benzene rings is 1. The molecule has 2 atom stereocenters. The van der Waals surface area contributed by atoms with E-state index in [0.29, 0.717) is 6.61 Å². The minimum absolute atomic E-state index is 0. The Morgan fingerprint density at radius 2 is 2.32 bits per heavy atom. The van der Waals surface area contributed by atoms with Gasteiger partial charge in [0.2, 0.25) is 0 Å². The summed E-state index contributed by atoms with van der Waals surface area (Å²) in [5.74, 6) is 1.15. The van der Waals surface area contributed by atoms with E-state index in [9.17, 15) is 5.11 Å². The second kappa shape index (κ2) is 7.58. The van der Waals surface area contributed by atoms with Crippen LogP contribution < -0.4 is 4.74 Å². The van der Waals surface area contributed by atoms with Crippen LogP contribution in [0.4, 0.5) is 0 Å². The number of aromatic hydroxyl groups is 1. The van der Waals surface area contributed by atoms with E-state index >= 15 is 0 Å². The molecule has 2 heterocycles. The quantitative estimate of drug-likeness (QED) is 0.609. The van der Waals surface area contributed by atoms with E-state index in [1.165, 1.54) is 10.9 Å². The number of nitrogens with one attached hydrogen (secondary N) is 1. The smallest absolute Gasteiger partial charge is 0.147 e. The zero-order valence-corrected chi connectivity index (χ0v) is 16.1. The molecule has 1 aliphatic rings. The molecule has 0 saturated heterocycles. The molecule has 0 radical (unpaired) electrons. The van der Waals surface area contributed by atoms with E-state index < -0.39 is 0 Å². The Kier molecular flexibility index (Phi) is 6.01. The van der Waals surface area contributed by atoms with E-state index in [1.807, 2.05) is 12.3 Å². The number of hydrogen-bond acceptors (Lipinski definition) is 3. The zero-order valence-electron chi connectivity index (χ0n) is 12.3. The van der Waals surface area contributed by atoms with Crippen LogP contribution in [-0.2, 0) is 12.8 Å². The van der Waals surface area contributed by atoms with E-state index in [1.54, 1.807) is 12.1 Å². The molecule has 0 aliphatic carbocycles. The van der Waals surface area contributed by atoms with Crippen LogP contribution in [0.1, 0.15) is 17.3 Å². The Hall–Kier alpha value is -0.902. The first-order valence-electron chi connectivity index (χ1n) is 7.07. The minimum Gasteiger partial charge on any atom is -0.147 e. The molecule has 120 valence electrons. The average molecular weight is 403 g/mol. The Morgan fingerprint density at radius 1 is 1.50 bits per heavy atom. The number of phenolic OH excluding ortho intramolecular Hbond substituents is 1. The predicted molar refractivity (Wildman–Crippen MR) is 94.7 cm³/mol. The van der Waals surface area contributed by atoms with Gasteiger partial charge >= 0.3 is 136 Å². The number of fused-ring (bicyclic) bond motifs is 1. The Bertz CT molecular complexity index is 701. The molecule has 3 rings (SSSR count). The number of aromatic amines is 1. The summed E-state index contributed by atoms with van der Waals surface area (Å²) in [5, 5.41) is 10.9. The molecule has 0 spiro atoms. The number of imidazole rings is 1. The van der Waals surface area contributed by atoms with Crippen LogP contribution in [0.5, 0.6) is 11.5 Å². The normalized spacial score (nSPS) is 17.0. The summed E-state index contributed by atoms with van der Waals surface area (Å²) in [6.07, 6.45) is 3.94. The van der Waals surface area contributed by atoms with E-state index in [-0.39, 0.29) is 40.0 Å². The van der Waals surface area contributed by atoms with Gasteiger partial charge in [0.15, 0.2) is 0 Å². The maximum Gasteiger partial charge on any atom is -0.147 e. The predicted octanol–water partition coefficient (Wildman–Crippen LogP) is 3.29. The number of H-pyrrole nitrogens is 1. The summed E-state index contributed by atoms with van der Waals surface area (Å²) in [5.41, 5.74) is 4.63. The van der Waals surface area contributed by atoms with Crippen LogP contribution in [0.25, 0.3) is 0 Å². The number of ether oxygens (including phenoxy) is 1. The first kappa shape index (κ1) is 17.5. The molecule has 1 aromatic carbocycles. The number of nitrogens with zero attached hydrogens (tertiary/aromatic N) is 1. The fourth-order valence-corrected chi connectivity index (χ4v) is 4.18. The van der Waals surface area contributed by atoms with Crippen LogP contribution in [0, 0.1) is 4.77 Å². The van der Waals surface area contributed by atoms with Crippen molar-refractivity contribution in [3.63, 3.8) is 0 Å². The van der Waals surface area contributed by atoms with Gasteiger partial charge in [-0.1, -0.05) is 0 Å². The van der Waals surface area contributed by atoms with Crippen molar-refractivity contribution in [2.75, 3.05) is 6.61 Å². The summed E-state index contributed by atoms with van der Waals surface area (Å²) in [7, 11) is 0. The molecular formula is C15H20AsClN2O2S. The molecule has 7 heteroatoms. The second-order valence-electron chi connectivity index (χ2n) is 5.27. The van der Waals surface area contributed by atoms with Gasteiger partial charge in [-0.15, -0.1) is 12.4 Å². The number of hydrogen-bond donors (Lipinski definition) is 2. The van der Waals surface area contributed by atoms with Crippen LogP contribution in [-0.4, -0.2) is 37.0 Å². The summed E-state index contributed by atoms with van der Waals surface area (Å²) in [4.78, 5) is 3.17. The molecule has 2 unspecified atom stereocenters. The molecule has 0 saturated carbocycles. The molecule has 2 N–H and O–H groups in total. The fourth-order valence-electron chi connectivity index (χ4n) is 2.79. The summed E-state index contributed by atoms with van der Waals surface area (Å²) >= 11 is 5.61. The van der Waals surface area contributed by atoms with Gasteiger partial charge in [0.25, 0.3) is 0 Å². The van der Waals surface area contributed by atoms with Gasteiger partial charge in [-0.2, -0.15) is 0 Å². The second-order valence-corrected chi connectivity index (χ2v) is 8.19. The molecule has 1 aromatic heterocycles. The van der Waals surface area contributed by atoms with Gasteiger partial charge in [-0.05, 0) is 0 Å². The first-order chi connectivity index (χ1) is 10.2. The number of aryl methyl sites for hydroxylation is 1. The Morgan fingerprint density at radius 3 is 3.09 bits per heavy atom. The van der Waals surface area contributed by atoms with Gasteiger partial charge in [0.05, 0.1) is 0 Å². The van der Waals surface area contributed by atoms with Crippen LogP contribution >= 0.6 is 24.6 Å². The molecule has 4 nitrogen and oxygen atoms in total. The van der Waals surface area contributed by atoms with Crippen molar-refractivity contribution in [2.24, 2.45) is 0 Å². The van der Waals surface area contributed by atoms with Crippen molar-refractivity contribution in [3.8, 4) is 11.5 Å². The van der Waals surface area contributed by atoms with E-state index in [0.717, 1.165) is 28.9 Å². The number of phenols is 1. The van der Waals surface area contributed by atoms with E-state index in [2.05, 4.69) is 15.3 Å². The maximum atomic E-state index is 9.65. The van der Waals surface area contributed by atoms with Crippen molar-refractivity contribution in [2.45, 2.75) is 29.8 Å². The standard InChI is InChI=1S/C15H19AsN2O2S.ClH/c1-16-5-4-11-8-17-15(21)18(11)12-6-10-7-13(19)2-3-14(10)20-9-12;/h2-3,7-8,12,16,19H,4-6,9H2,1H3,(H,17,21);1H. The van der Waals surface area contributed by atoms with Gasteiger partial charge in [-0.3, -0.25) is 0 Å². The van der Waals surface area contributed by atoms with Crippen molar-refractivity contribution >= 4 is 40.4 Å². The number of aromatic nitrogens is 2.